The van der Waals surface area contributed by atoms with E-state index >= 15 is 0 Å². The second kappa shape index (κ2) is 5.65. The number of hydrogen-bond donors (Lipinski definition) is 0. The van der Waals surface area contributed by atoms with Crippen LogP contribution in [0.1, 0.15) is 24.6 Å². The Morgan fingerprint density at radius 1 is 1.09 bits per heavy atom. The third kappa shape index (κ3) is 2.75. The molecule has 0 amide bonds. The molecule has 2 aliphatic rings. The van der Waals surface area contributed by atoms with Crippen LogP contribution >= 0.6 is 0 Å². The Kier molecular flexibility index (Phi) is 3.62. The van der Waals surface area contributed by atoms with Crippen LogP contribution in [0.3, 0.4) is 0 Å². The molecule has 0 aromatic carbocycles. The van der Waals surface area contributed by atoms with E-state index in [-0.39, 0.29) is 6.04 Å². The second-order valence-electron chi connectivity index (χ2n) is 5.83. The number of aromatic nitrogens is 6. The van der Waals surface area contributed by atoms with Gasteiger partial charge >= 0.3 is 0 Å². The van der Waals surface area contributed by atoms with Crippen molar-refractivity contribution < 1.29 is 8.42 Å². The van der Waals surface area contributed by atoms with E-state index < -0.39 is 10.2 Å². The van der Waals surface area contributed by atoms with Gasteiger partial charge in [0.05, 0.1) is 24.6 Å². The molecule has 0 spiro atoms. The van der Waals surface area contributed by atoms with Crippen LogP contribution in [0.4, 0.5) is 0 Å². The maximum atomic E-state index is 12.4. The third-order valence-corrected chi connectivity index (χ3v) is 6.22. The molecule has 0 aliphatic carbocycles. The van der Waals surface area contributed by atoms with E-state index in [2.05, 4.69) is 20.5 Å². The predicted octanol–water partition coefficient (Wildman–Crippen LogP) is -0.885. The van der Waals surface area contributed by atoms with Crippen molar-refractivity contribution in [1.29, 1.82) is 0 Å². The SMILES string of the molecule is O=S(=O)(N1CCCC1)N1CC(n2cc(Cn3nccn3)nn2)C1. The van der Waals surface area contributed by atoms with Gasteiger partial charge in [-0.2, -0.15) is 32.0 Å². The van der Waals surface area contributed by atoms with Crippen LogP contribution in [0, 0.1) is 0 Å². The van der Waals surface area contributed by atoms with Crippen molar-refractivity contribution >= 4 is 10.2 Å². The fourth-order valence-corrected chi connectivity index (χ4v) is 4.66. The van der Waals surface area contributed by atoms with Crippen LogP contribution < -0.4 is 0 Å². The molecule has 2 saturated heterocycles. The quantitative estimate of drug-likeness (QED) is 0.701. The fourth-order valence-electron chi connectivity index (χ4n) is 2.89. The smallest absolute Gasteiger partial charge is 0.246 e. The molecule has 2 aromatic rings. The lowest BCUT2D eigenvalue weighted by Crippen LogP contribution is -2.55. The lowest BCUT2D eigenvalue weighted by molar-refractivity contribution is 0.178. The molecule has 0 atom stereocenters. The molecule has 2 fully saturated rings. The summed E-state index contributed by atoms with van der Waals surface area (Å²) in [6.45, 7) is 2.61. The lowest BCUT2D eigenvalue weighted by atomic mass is 10.2. The summed E-state index contributed by atoms with van der Waals surface area (Å²) >= 11 is 0. The highest BCUT2D eigenvalue weighted by Gasteiger charge is 2.41. The van der Waals surface area contributed by atoms with Gasteiger partial charge in [0.2, 0.25) is 0 Å². The first-order chi connectivity index (χ1) is 11.1. The van der Waals surface area contributed by atoms with E-state index in [1.165, 1.54) is 9.10 Å². The molecule has 4 rings (SSSR count). The number of rotatable bonds is 5. The summed E-state index contributed by atoms with van der Waals surface area (Å²) in [6.07, 6.45) is 6.94. The summed E-state index contributed by atoms with van der Waals surface area (Å²) in [5, 5.41) is 16.2. The normalized spacial score (nSPS) is 20.9. The van der Waals surface area contributed by atoms with Crippen molar-refractivity contribution in [2.24, 2.45) is 0 Å². The Hall–Kier alpha value is -1.85. The molecule has 11 heteroatoms. The molecule has 0 saturated carbocycles. The molecule has 124 valence electrons. The summed E-state index contributed by atoms with van der Waals surface area (Å²) in [4.78, 5) is 1.53. The Bertz CT molecular complexity index is 759. The highest BCUT2D eigenvalue weighted by atomic mass is 32.2. The molecule has 4 heterocycles. The molecule has 10 nitrogen and oxygen atoms in total. The molecule has 0 N–H and O–H groups in total. The summed E-state index contributed by atoms with van der Waals surface area (Å²) < 4.78 is 29.6. The highest BCUT2D eigenvalue weighted by Crippen LogP contribution is 2.27. The van der Waals surface area contributed by atoms with Crippen LogP contribution in [-0.4, -0.2) is 73.2 Å². The minimum Gasteiger partial charge on any atom is -0.246 e. The minimum absolute atomic E-state index is 0.0409. The summed E-state index contributed by atoms with van der Waals surface area (Å²) in [5.41, 5.74) is 0.752. The maximum absolute atomic E-state index is 12.4. The molecule has 0 unspecified atom stereocenters. The zero-order valence-corrected chi connectivity index (χ0v) is 13.4. The van der Waals surface area contributed by atoms with Gasteiger partial charge < -0.3 is 0 Å². The van der Waals surface area contributed by atoms with Gasteiger partial charge in [-0.25, -0.2) is 4.68 Å². The van der Waals surface area contributed by atoms with Gasteiger partial charge in [0.25, 0.3) is 10.2 Å². The third-order valence-electron chi connectivity index (χ3n) is 4.25. The van der Waals surface area contributed by atoms with E-state index in [1.54, 1.807) is 21.4 Å². The van der Waals surface area contributed by atoms with Crippen LogP contribution in [0.2, 0.25) is 0 Å². The topological polar surface area (TPSA) is 102 Å². The molecule has 23 heavy (non-hydrogen) atoms. The van der Waals surface area contributed by atoms with Gasteiger partial charge in [-0.15, -0.1) is 5.10 Å². The Morgan fingerprint density at radius 2 is 1.78 bits per heavy atom. The van der Waals surface area contributed by atoms with Gasteiger partial charge in [-0.05, 0) is 12.8 Å². The fraction of sp³-hybridized carbons (Fsp3) is 0.667. The lowest BCUT2D eigenvalue weighted by Gasteiger charge is -2.39. The van der Waals surface area contributed by atoms with Crippen LogP contribution in [0.5, 0.6) is 0 Å². The molecule has 0 radical (unpaired) electrons. The average Bonchev–Trinajstić information content (AvgIpc) is 3.18. The molecule has 2 aromatic heterocycles. The van der Waals surface area contributed by atoms with Crippen LogP contribution in [0.25, 0.3) is 0 Å². The van der Waals surface area contributed by atoms with E-state index in [1.807, 2.05) is 6.20 Å². The Morgan fingerprint density at radius 3 is 2.48 bits per heavy atom. The second-order valence-corrected chi connectivity index (χ2v) is 7.76. The Balaban J connectivity index is 1.37. The van der Waals surface area contributed by atoms with Gasteiger partial charge in [-0.1, -0.05) is 5.21 Å². The van der Waals surface area contributed by atoms with Crippen molar-refractivity contribution in [2.75, 3.05) is 26.2 Å². The first-order valence-electron chi connectivity index (χ1n) is 7.63. The van der Waals surface area contributed by atoms with E-state index in [4.69, 9.17) is 0 Å². The first-order valence-corrected chi connectivity index (χ1v) is 9.03. The van der Waals surface area contributed by atoms with Crippen molar-refractivity contribution in [3.8, 4) is 0 Å². The van der Waals surface area contributed by atoms with E-state index in [0.717, 1.165) is 18.5 Å². The maximum Gasteiger partial charge on any atom is 0.282 e. The monoisotopic (exact) mass is 338 g/mol. The molecular weight excluding hydrogens is 320 g/mol. The Labute approximate surface area is 133 Å². The van der Waals surface area contributed by atoms with Gasteiger partial charge in [0.15, 0.2) is 0 Å². The van der Waals surface area contributed by atoms with Crippen molar-refractivity contribution in [3.63, 3.8) is 0 Å². The van der Waals surface area contributed by atoms with Gasteiger partial charge in [0.1, 0.15) is 12.2 Å². The molecule has 0 bridgehead atoms. The minimum atomic E-state index is -3.30. The molecule has 2 aliphatic heterocycles. The standard InChI is InChI=1S/C12H18N8O2S/c21-23(22,17-5-1-2-6-17)18-9-12(10-18)19-7-11(15-16-19)8-20-13-3-4-14-20/h3-4,7,12H,1-2,5-6,8-10H2. The zero-order valence-electron chi connectivity index (χ0n) is 12.6. The van der Waals surface area contributed by atoms with Gasteiger partial charge in [-0.3, -0.25) is 0 Å². The average molecular weight is 338 g/mol. The summed E-state index contributed by atoms with van der Waals surface area (Å²) in [6, 6.07) is 0.0409. The summed E-state index contributed by atoms with van der Waals surface area (Å²) in [7, 11) is -3.30. The van der Waals surface area contributed by atoms with E-state index in [9.17, 15) is 8.42 Å². The van der Waals surface area contributed by atoms with Crippen molar-refractivity contribution in [2.45, 2.75) is 25.4 Å². The molecular formula is C12H18N8O2S. The number of nitrogens with zero attached hydrogens (tertiary/aromatic N) is 8. The summed E-state index contributed by atoms with van der Waals surface area (Å²) in [5.74, 6) is 0. The zero-order chi connectivity index (χ0) is 15.9. The van der Waals surface area contributed by atoms with Gasteiger partial charge in [0, 0.05) is 26.2 Å². The first kappa shape index (κ1) is 14.7. The van der Waals surface area contributed by atoms with Crippen molar-refractivity contribution in [1.82, 2.24) is 38.6 Å². The number of hydrogen-bond acceptors (Lipinski definition) is 6. The predicted molar refractivity (Wildman–Crippen MR) is 79.5 cm³/mol. The highest BCUT2D eigenvalue weighted by molar-refractivity contribution is 7.86. The van der Waals surface area contributed by atoms with E-state index in [0.29, 0.717) is 32.7 Å². The van der Waals surface area contributed by atoms with Crippen LogP contribution in [-0.2, 0) is 16.8 Å². The van der Waals surface area contributed by atoms with Crippen molar-refractivity contribution in [3.05, 3.63) is 24.3 Å². The largest absolute Gasteiger partial charge is 0.282 e. The van der Waals surface area contributed by atoms with Crippen LogP contribution in [0.15, 0.2) is 18.6 Å².